The van der Waals surface area contributed by atoms with E-state index in [4.69, 9.17) is 11.6 Å². The monoisotopic (exact) mass is 430 g/mol. The summed E-state index contributed by atoms with van der Waals surface area (Å²) < 4.78 is 14.0. The van der Waals surface area contributed by atoms with Gasteiger partial charge in [-0.3, -0.25) is 5.43 Å². The third-order valence-corrected chi connectivity index (χ3v) is 7.75. The van der Waals surface area contributed by atoms with Crippen LogP contribution in [0.1, 0.15) is 49.6 Å². The van der Waals surface area contributed by atoms with Crippen LogP contribution in [0.25, 0.3) is 10.2 Å². The molecule has 0 spiro atoms. The summed E-state index contributed by atoms with van der Waals surface area (Å²) in [6, 6.07) is 4.57. The third kappa shape index (κ3) is 3.88. The highest BCUT2D eigenvalue weighted by Gasteiger charge is 2.33. The predicted molar refractivity (Wildman–Crippen MR) is 120 cm³/mol. The lowest BCUT2D eigenvalue weighted by Crippen LogP contribution is -2.28. The Bertz CT molecular complexity index is 1060. The predicted octanol–water partition coefficient (Wildman–Crippen LogP) is 6.47. The Kier molecular flexibility index (Phi) is 5.58. The molecule has 1 atom stereocenters. The molecule has 0 radical (unpaired) electrons. The summed E-state index contributed by atoms with van der Waals surface area (Å²) >= 11 is 7.82. The molecule has 0 bridgehead atoms. The third-order valence-electron chi connectivity index (χ3n) is 6.22. The van der Waals surface area contributed by atoms with Crippen molar-refractivity contribution in [3.8, 4) is 0 Å². The van der Waals surface area contributed by atoms with E-state index < -0.39 is 5.82 Å². The summed E-state index contributed by atoms with van der Waals surface area (Å²) in [4.78, 5) is 11.3. The van der Waals surface area contributed by atoms with Gasteiger partial charge in [0.1, 0.15) is 17.0 Å². The molecule has 0 aliphatic heterocycles. The Hall–Kier alpha value is -2.05. The normalized spacial score (nSPS) is 17.1. The van der Waals surface area contributed by atoms with Gasteiger partial charge in [0.15, 0.2) is 5.82 Å². The van der Waals surface area contributed by atoms with Crippen LogP contribution in [0.5, 0.6) is 0 Å². The van der Waals surface area contributed by atoms with E-state index in [1.807, 2.05) is 0 Å². The smallest absolute Gasteiger partial charge is 0.158 e. The van der Waals surface area contributed by atoms with Crippen LogP contribution in [0.3, 0.4) is 0 Å². The molecule has 1 unspecified atom stereocenters. The average Bonchev–Trinajstić information content (AvgIpc) is 3.08. The first-order chi connectivity index (χ1) is 13.9. The lowest BCUT2D eigenvalue weighted by molar-refractivity contribution is 0.184. The van der Waals surface area contributed by atoms with Crippen molar-refractivity contribution in [1.29, 1.82) is 0 Å². The highest BCUT2D eigenvalue weighted by molar-refractivity contribution is 7.19. The molecule has 7 heteroatoms. The zero-order chi connectivity index (χ0) is 20.6. The maximum absolute atomic E-state index is 14.0. The van der Waals surface area contributed by atoms with Gasteiger partial charge >= 0.3 is 0 Å². The van der Waals surface area contributed by atoms with Gasteiger partial charge in [0.05, 0.1) is 16.6 Å². The fraction of sp³-hybridized carbons (Fsp3) is 0.409. The van der Waals surface area contributed by atoms with Crippen LogP contribution < -0.4 is 5.43 Å². The number of benzene rings is 1. The largest absolute Gasteiger partial charge is 0.261 e. The van der Waals surface area contributed by atoms with Gasteiger partial charge in [-0.25, -0.2) is 14.4 Å². The molecule has 29 heavy (non-hydrogen) atoms. The molecular formula is C22H24ClFN4S. The average molecular weight is 431 g/mol. The zero-order valence-electron chi connectivity index (χ0n) is 16.8. The molecule has 3 aromatic rings. The molecule has 1 aromatic carbocycles. The summed E-state index contributed by atoms with van der Waals surface area (Å²) in [5.74, 6) is 0.881. The van der Waals surface area contributed by atoms with Gasteiger partial charge < -0.3 is 0 Å². The van der Waals surface area contributed by atoms with Gasteiger partial charge in [-0.15, -0.1) is 11.3 Å². The van der Waals surface area contributed by atoms with Crippen molar-refractivity contribution in [3.63, 3.8) is 0 Å². The minimum Gasteiger partial charge on any atom is -0.261 e. The van der Waals surface area contributed by atoms with Gasteiger partial charge in [0, 0.05) is 10.4 Å². The molecule has 1 aliphatic rings. The van der Waals surface area contributed by atoms with E-state index in [-0.39, 0.29) is 5.56 Å². The number of halogens is 2. The van der Waals surface area contributed by atoms with Crippen LogP contribution in [-0.2, 0) is 12.8 Å². The number of nitrogens with one attached hydrogen (secondary N) is 1. The molecule has 4 nitrogen and oxygen atoms in total. The number of hydrogen-bond acceptors (Lipinski definition) is 5. The number of anilines is 1. The summed E-state index contributed by atoms with van der Waals surface area (Å²) in [5, 5.41) is 5.57. The van der Waals surface area contributed by atoms with Crippen LogP contribution in [0.2, 0.25) is 5.02 Å². The first-order valence-electron chi connectivity index (χ1n) is 9.89. The number of thiophene rings is 1. The first-order valence-corrected chi connectivity index (χ1v) is 11.1. The maximum Gasteiger partial charge on any atom is 0.158 e. The van der Waals surface area contributed by atoms with E-state index in [1.54, 1.807) is 29.8 Å². The van der Waals surface area contributed by atoms with Crippen molar-refractivity contribution in [3.05, 3.63) is 51.4 Å². The Labute approximate surface area is 179 Å². The molecule has 152 valence electrons. The first kappa shape index (κ1) is 20.2. The fourth-order valence-corrected chi connectivity index (χ4v) is 5.34. The Morgan fingerprint density at radius 3 is 2.97 bits per heavy atom. The lowest BCUT2D eigenvalue weighted by atomic mass is 9.69. The Morgan fingerprint density at radius 1 is 1.38 bits per heavy atom. The van der Waals surface area contributed by atoms with Crippen LogP contribution in [0, 0.1) is 17.2 Å². The second-order valence-corrected chi connectivity index (χ2v) is 9.68. The Morgan fingerprint density at radius 2 is 2.21 bits per heavy atom. The van der Waals surface area contributed by atoms with E-state index in [0.717, 1.165) is 29.5 Å². The molecule has 0 saturated heterocycles. The quantitative estimate of drug-likeness (QED) is 0.372. The highest BCUT2D eigenvalue weighted by Crippen LogP contribution is 2.45. The molecule has 4 rings (SSSR count). The number of fused-ring (bicyclic) bond motifs is 3. The van der Waals surface area contributed by atoms with Crippen molar-refractivity contribution in [1.82, 2.24) is 9.97 Å². The van der Waals surface area contributed by atoms with Crippen LogP contribution >= 0.6 is 22.9 Å². The molecule has 0 fully saturated rings. The molecule has 0 saturated carbocycles. The van der Waals surface area contributed by atoms with Gasteiger partial charge in [0.25, 0.3) is 0 Å². The van der Waals surface area contributed by atoms with Gasteiger partial charge in [-0.05, 0) is 48.3 Å². The molecule has 0 amide bonds. The number of hydrogen-bond donors (Lipinski definition) is 1. The number of aromatic nitrogens is 2. The maximum atomic E-state index is 14.0. The summed E-state index contributed by atoms with van der Waals surface area (Å²) in [6.45, 7) is 6.98. The minimum absolute atomic E-state index is 0.254. The summed E-state index contributed by atoms with van der Waals surface area (Å²) in [7, 11) is 0. The second-order valence-electron chi connectivity index (χ2n) is 8.19. The van der Waals surface area contributed by atoms with Crippen molar-refractivity contribution >= 4 is 45.2 Å². The van der Waals surface area contributed by atoms with Gasteiger partial charge in [0.2, 0.25) is 0 Å². The lowest BCUT2D eigenvalue weighted by Gasteiger charge is -2.36. The van der Waals surface area contributed by atoms with Crippen molar-refractivity contribution in [2.24, 2.45) is 16.4 Å². The SMILES string of the molecule is CCC(C)(C)C1CCc2sc3ncnc(N/N=C\c4c(F)cccc4Cl)c3c2C1. The van der Waals surface area contributed by atoms with Gasteiger partial charge in [-0.1, -0.05) is 44.9 Å². The van der Waals surface area contributed by atoms with Crippen molar-refractivity contribution in [2.45, 2.75) is 46.5 Å². The topological polar surface area (TPSA) is 50.2 Å². The molecule has 1 aliphatic carbocycles. The Balaban J connectivity index is 1.66. The number of hydrazone groups is 1. The summed E-state index contributed by atoms with van der Waals surface area (Å²) in [6.07, 6.45) is 7.42. The van der Waals surface area contributed by atoms with Crippen molar-refractivity contribution < 1.29 is 4.39 Å². The van der Waals surface area contributed by atoms with Crippen LogP contribution in [0.4, 0.5) is 10.2 Å². The molecule has 2 heterocycles. The highest BCUT2D eigenvalue weighted by atomic mass is 35.5. The standard InChI is InChI=1S/C22H24ClFN4S/c1-4-22(2,3)13-8-9-18-14(10-13)19-20(25-12-26-21(19)29-18)28-27-11-15-16(23)6-5-7-17(15)24/h5-7,11-13H,4,8-10H2,1-3H3,(H,25,26,28)/b27-11-. The fourth-order valence-electron chi connectivity index (χ4n) is 3.94. The van der Waals surface area contributed by atoms with E-state index in [1.165, 1.54) is 29.1 Å². The molecule has 2 aromatic heterocycles. The summed E-state index contributed by atoms with van der Waals surface area (Å²) in [5.41, 5.74) is 4.89. The number of rotatable bonds is 5. The second kappa shape index (κ2) is 8.00. The van der Waals surface area contributed by atoms with E-state index in [0.29, 0.717) is 22.2 Å². The van der Waals surface area contributed by atoms with E-state index >= 15 is 0 Å². The van der Waals surface area contributed by atoms with Crippen molar-refractivity contribution in [2.75, 3.05) is 5.43 Å². The van der Waals surface area contributed by atoms with Crippen LogP contribution in [-0.4, -0.2) is 16.2 Å². The van der Waals surface area contributed by atoms with E-state index in [2.05, 4.69) is 41.3 Å². The van der Waals surface area contributed by atoms with Gasteiger partial charge in [-0.2, -0.15) is 5.10 Å². The molecule has 1 N–H and O–H groups in total. The number of aryl methyl sites for hydroxylation is 1. The van der Waals surface area contributed by atoms with E-state index in [9.17, 15) is 4.39 Å². The minimum atomic E-state index is -0.409. The number of nitrogens with zero attached hydrogens (tertiary/aromatic N) is 3. The van der Waals surface area contributed by atoms with Crippen LogP contribution in [0.15, 0.2) is 29.6 Å². The zero-order valence-corrected chi connectivity index (χ0v) is 18.4. The molecular weight excluding hydrogens is 407 g/mol.